The fourth-order valence-corrected chi connectivity index (χ4v) is 2.30. The first-order valence-electron chi connectivity index (χ1n) is 7.10. The lowest BCUT2D eigenvalue weighted by atomic mass is 10.1. The Morgan fingerprint density at radius 2 is 2.04 bits per heavy atom. The second-order valence-electron chi connectivity index (χ2n) is 5.02. The Morgan fingerprint density at radius 1 is 1.33 bits per heavy atom. The van der Waals surface area contributed by atoms with Crippen LogP contribution in [0, 0.1) is 0 Å². The quantitative estimate of drug-likeness (QED) is 0.731. The SMILES string of the molecule is COc1ccc(CN2C(=O)OC[C@H]2C(=O)NCC(=O)O)cc1OC. The summed E-state index contributed by atoms with van der Waals surface area (Å²) in [5, 5.41) is 10.9. The van der Waals surface area contributed by atoms with Gasteiger partial charge < -0.3 is 24.6 Å². The number of aliphatic carboxylic acids is 1. The van der Waals surface area contributed by atoms with Crippen molar-refractivity contribution in [2.45, 2.75) is 12.6 Å². The molecule has 0 radical (unpaired) electrons. The first-order chi connectivity index (χ1) is 11.5. The molecule has 1 aliphatic heterocycles. The normalized spacial score (nSPS) is 16.5. The van der Waals surface area contributed by atoms with E-state index in [1.807, 2.05) is 0 Å². The number of rotatable bonds is 7. The van der Waals surface area contributed by atoms with Crippen LogP contribution in [0.1, 0.15) is 5.56 Å². The Bertz CT molecular complexity index is 647. The second-order valence-corrected chi connectivity index (χ2v) is 5.02. The highest BCUT2D eigenvalue weighted by Crippen LogP contribution is 2.29. The molecular weight excluding hydrogens is 320 g/mol. The number of nitrogens with one attached hydrogen (secondary N) is 1. The van der Waals surface area contributed by atoms with Crippen LogP contribution in [0.15, 0.2) is 18.2 Å². The molecule has 130 valence electrons. The molecule has 9 heteroatoms. The topological polar surface area (TPSA) is 114 Å². The van der Waals surface area contributed by atoms with Gasteiger partial charge in [0.25, 0.3) is 0 Å². The van der Waals surface area contributed by atoms with Gasteiger partial charge in [-0.05, 0) is 17.7 Å². The number of carboxylic acids is 1. The zero-order valence-electron chi connectivity index (χ0n) is 13.3. The van der Waals surface area contributed by atoms with E-state index >= 15 is 0 Å². The Kier molecular flexibility index (Phi) is 5.46. The highest BCUT2D eigenvalue weighted by molar-refractivity contribution is 5.89. The van der Waals surface area contributed by atoms with Crippen molar-refractivity contribution in [3.63, 3.8) is 0 Å². The molecule has 1 fully saturated rings. The minimum Gasteiger partial charge on any atom is -0.493 e. The molecule has 2 rings (SSSR count). The van der Waals surface area contributed by atoms with Crippen molar-refractivity contribution >= 4 is 18.0 Å². The van der Waals surface area contributed by atoms with E-state index in [1.54, 1.807) is 18.2 Å². The van der Waals surface area contributed by atoms with Gasteiger partial charge in [-0.15, -0.1) is 0 Å². The molecule has 1 saturated heterocycles. The molecule has 0 saturated carbocycles. The summed E-state index contributed by atoms with van der Waals surface area (Å²) in [6, 6.07) is 4.23. The smallest absolute Gasteiger partial charge is 0.410 e. The van der Waals surface area contributed by atoms with Gasteiger partial charge in [0, 0.05) is 0 Å². The number of amides is 2. The van der Waals surface area contributed by atoms with E-state index in [1.165, 1.54) is 19.1 Å². The molecule has 0 aromatic heterocycles. The maximum absolute atomic E-state index is 12.0. The number of carbonyl (C=O) groups excluding carboxylic acids is 2. The van der Waals surface area contributed by atoms with Crippen LogP contribution in [0.4, 0.5) is 4.79 Å². The van der Waals surface area contributed by atoms with E-state index in [9.17, 15) is 14.4 Å². The summed E-state index contributed by atoms with van der Waals surface area (Å²) in [6.07, 6.45) is -0.639. The summed E-state index contributed by atoms with van der Waals surface area (Å²) >= 11 is 0. The molecule has 0 bridgehead atoms. The van der Waals surface area contributed by atoms with Gasteiger partial charge in [0.1, 0.15) is 19.2 Å². The fraction of sp³-hybridized carbons (Fsp3) is 0.400. The van der Waals surface area contributed by atoms with E-state index in [2.05, 4.69) is 5.32 Å². The largest absolute Gasteiger partial charge is 0.493 e. The van der Waals surface area contributed by atoms with Gasteiger partial charge in [0.2, 0.25) is 5.91 Å². The third-order valence-corrected chi connectivity index (χ3v) is 3.49. The van der Waals surface area contributed by atoms with Crippen molar-refractivity contribution in [3.05, 3.63) is 23.8 Å². The van der Waals surface area contributed by atoms with Gasteiger partial charge in [-0.2, -0.15) is 0 Å². The molecule has 1 heterocycles. The summed E-state index contributed by atoms with van der Waals surface area (Å²) in [6.45, 7) is -0.532. The molecule has 2 amide bonds. The van der Waals surface area contributed by atoms with Crippen molar-refractivity contribution in [2.24, 2.45) is 0 Å². The Balaban J connectivity index is 2.12. The fourth-order valence-electron chi connectivity index (χ4n) is 2.30. The number of methoxy groups -OCH3 is 2. The monoisotopic (exact) mass is 338 g/mol. The molecule has 1 aromatic carbocycles. The third kappa shape index (κ3) is 3.86. The predicted octanol–water partition coefficient (Wildman–Crippen LogP) is 0.225. The van der Waals surface area contributed by atoms with Crippen LogP contribution in [-0.4, -0.2) is 61.4 Å². The molecule has 1 aliphatic rings. The number of nitrogens with zero attached hydrogens (tertiary/aromatic N) is 1. The number of cyclic esters (lactones) is 1. The van der Waals surface area contributed by atoms with Crippen LogP contribution in [0.2, 0.25) is 0 Å². The standard InChI is InChI=1S/C15H18N2O7/c1-22-11-4-3-9(5-12(11)23-2)7-17-10(8-24-15(17)21)14(20)16-6-13(18)19/h3-5,10H,6-8H2,1-2H3,(H,16,20)(H,18,19)/t10-/m0/s1. The van der Waals surface area contributed by atoms with Crippen molar-refractivity contribution < 1.29 is 33.7 Å². The minimum absolute atomic E-state index is 0.115. The molecule has 2 N–H and O–H groups in total. The van der Waals surface area contributed by atoms with Gasteiger partial charge in [-0.1, -0.05) is 6.07 Å². The van der Waals surface area contributed by atoms with Gasteiger partial charge in [-0.3, -0.25) is 14.5 Å². The predicted molar refractivity (Wildman–Crippen MR) is 80.9 cm³/mol. The number of hydrogen-bond acceptors (Lipinski definition) is 6. The number of hydrogen-bond donors (Lipinski definition) is 2. The lowest BCUT2D eigenvalue weighted by molar-refractivity contribution is -0.138. The van der Waals surface area contributed by atoms with Crippen LogP contribution < -0.4 is 14.8 Å². The maximum Gasteiger partial charge on any atom is 0.410 e. The van der Waals surface area contributed by atoms with Crippen molar-refractivity contribution in [3.8, 4) is 11.5 Å². The van der Waals surface area contributed by atoms with Crippen LogP contribution in [0.25, 0.3) is 0 Å². The Labute approximate surface area is 138 Å². The molecular formula is C15H18N2O7. The first kappa shape index (κ1) is 17.4. The Hall–Kier alpha value is -2.97. The van der Waals surface area contributed by atoms with Crippen LogP contribution in [0.5, 0.6) is 11.5 Å². The molecule has 0 aliphatic carbocycles. The molecule has 24 heavy (non-hydrogen) atoms. The number of carbonyl (C=O) groups is 3. The van der Waals surface area contributed by atoms with E-state index in [-0.39, 0.29) is 13.2 Å². The maximum atomic E-state index is 12.0. The van der Waals surface area contributed by atoms with Crippen molar-refractivity contribution in [1.29, 1.82) is 0 Å². The van der Waals surface area contributed by atoms with Crippen molar-refractivity contribution in [2.75, 3.05) is 27.4 Å². The van der Waals surface area contributed by atoms with Crippen LogP contribution in [0.3, 0.4) is 0 Å². The van der Waals surface area contributed by atoms with Gasteiger partial charge in [0.05, 0.1) is 20.8 Å². The summed E-state index contributed by atoms with van der Waals surface area (Å²) < 4.78 is 15.3. The molecule has 1 atom stereocenters. The van der Waals surface area contributed by atoms with Crippen LogP contribution in [-0.2, 0) is 20.9 Å². The molecule has 1 aromatic rings. The molecule has 0 unspecified atom stereocenters. The summed E-state index contributed by atoms with van der Waals surface area (Å²) in [5.74, 6) is -0.709. The minimum atomic E-state index is -1.17. The lowest BCUT2D eigenvalue weighted by Gasteiger charge is -2.21. The summed E-state index contributed by atoms with van der Waals surface area (Å²) in [5.41, 5.74) is 0.711. The number of carboxylic acid groups (broad SMARTS) is 1. The van der Waals surface area contributed by atoms with E-state index in [0.29, 0.717) is 17.1 Å². The van der Waals surface area contributed by atoms with E-state index in [4.69, 9.17) is 19.3 Å². The highest BCUT2D eigenvalue weighted by Gasteiger charge is 2.38. The van der Waals surface area contributed by atoms with Gasteiger partial charge in [0.15, 0.2) is 11.5 Å². The third-order valence-electron chi connectivity index (χ3n) is 3.49. The second kappa shape index (κ2) is 7.53. The summed E-state index contributed by atoms with van der Waals surface area (Å²) in [7, 11) is 3.01. The zero-order valence-corrected chi connectivity index (χ0v) is 13.3. The van der Waals surface area contributed by atoms with E-state index in [0.717, 1.165) is 0 Å². The number of ether oxygens (including phenoxy) is 3. The van der Waals surface area contributed by atoms with Gasteiger partial charge in [-0.25, -0.2) is 4.79 Å². The number of benzene rings is 1. The van der Waals surface area contributed by atoms with Crippen molar-refractivity contribution in [1.82, 2.24) is 10.2 Å². The lowest BCUT2D eigenvalue weighted by Crippen LogP contribution is -2.46. The Morgan fingerprint density at radius 3 is 2.67 bits per heavy atom. The van der Waals surface area contributed by atoms with Crippen LogP contribution >= 0.6 is 0 Å². The highest BCUT2D eigenvalue weighted by atomic mass is 16.6. The summed E-state index contributed by atoms with van der Waals surface area (Å²) in [4.78, 5) is 35.7. The first-order valence-corrected chi connectivity index (χ1v) is 7.10. The molecule has 0 spiro atoms. The average molecular weight is 338 g/mol. The zero-order chi connectivity index (χ0) is 17.7. The molecule has 9 nitrogen and oxygen atoms in total. The van der Waals surface area contributed by atoms with Gasteiger partial charge >= 0.3 is 12.1 Å². The average Bonchev–Trinajstić information content (AvgIpc) is 2.93. The van der Waals surface area contributed by atoms with E-state index < -0.39 is 30.6 Å².